The molecule has 0 radical (unpaired) electrons. The van der Waals surface area contributed by atoms with Gasteiger partial charge in [-0.2, -0.15) is 0 Å². The molecule has 2 heteroatoms. The molecule has 0 heterocycles. The van der Waals surface area contributed by atoms with Gasteiger partial charge in [-0.05, 0) is 25.2 Å². The highest BCUT2D eigenvalue weighted by Crippen LogP contribution is 2.38. The lowest BCUT2D eigenvalue weighted by molar-refractivity contribution is -0.111. The summed E-state index contributed by atoms with van der Waals surface area (Å²) in [6.07, 6.45) is 10.2. The second kappa shape index (κ2) is 5.75. The maximum atomic E-state index is 11.1. The molecule has 0 aromatic carbocycles. The second-order valence-electron chi connectivity index (χ2n) is 4.48. The Morgan fingerprint density at radius 3 is 2.50 bits per heavy atom. The maximum absolute atomic E-state index is 11.1. The average molecular weight is 217 g/mol. The summed E-state index contributed by atoms with van der Waals surface area (Å²) in [5, 5.41) is 0. The molecule has 14 heavy (non-hydrogen) atoms. The van der Waals surface area contributed by atoms with Crippen molar-refractivity contribution in [3.8, 4) is 0 Å². The minimum atomic E-state index is -0.545. The van der Waals surface area contributed by atoms with Gasteiger partial charge < -0.3 is 4.79 Å². The largest absolute Gasteiger partial charge is 0.301 e. The van der Waals surface area contributed by atoms with Gasteiger partial charge in [-0.15, -0.1) is 11.6 Å². The van der Waals surface area contributed by atoms with Crippen molar-refractivity contribution < 1.29 is 4.79 Å². The van der Waals surface area contributed by atoms with Gasteiger partial charge in [0.15, 0.2) is 0 Å². The number of halogens is 1. The Morgan fingerprint density at radius 1 is 1.36 bits per heavy atom. The number of hydrogen-bond acceptors (Lipinski definition) is 1. The average Bonchev–Trinajstić information content (AvgIpc) is 2.27. The summed E-state index contributed by atoms with van der Waals surface area (Å²) in [7, 11) is 0. The van der Waals surface area contributed by atoms with Gasteiger partial charge in [0.25, 0.3) is 0 Å². The minimum Gasteiger partial charge on any atom is -0.301 e. The van der Waals surface area contributed by atoms with Crippen molar-refractivity contribution in [1.82, 2.24) is 0 Å². The lowest BCUT2D eigenvalue weighted by atomic mass is 9.78. The summed E-state index contributed by atoms with van der Waals surface area (Å²) in [5.41, 5.74) is 0. The topological polar surface area (TPSA) is 17.1 Å². The normalized spacial score (nSPS) is 23.0. The van der Waals surface area contributed by atoms with Gasteiger partial charge >= 0.3 is 0 Å². The van der Waals surface area contributed by atoms with Gasteiger partial charge in [-0.25, -0.2) is 0 Å². The van der Waals surface area contributed by atoms with E-state index in [0.29, 0.717) is 5.92 Å². The molecule has 82 valence electrons. The number of rotatable bonds is 5. The molecule has 0 aromatic rings. The zero-order valence-corrected chi connectivity index (χ0v) is 9.85. The van der Waals surface area contributed by atoms with Gasteiger partial charge in [0.05, 0.1) is 0 Å². The molecule has 1 saturated carbocycles. The molecule has 0 spiro atoms. The van der Waals surface area contributed by atoms with E-state index in [-0.39, 0.29) is 0 Å². The van der Waals surface area contributed by atoms with Gasteiger partial charge in [0, 0.05) is 0 Å². The summed E-state index contributed by atoms with van der Waals surface area (Å²) in [6, 6.07) is 0. The Hall–Kier alpha value is -0.0400. The van der Waals surface area contributed by atoms with Crippen molar-refractivity contribution >= 4 is 17.9 Å². The van der Waals surface area contributed by atoms with E-state index in [4.69, 9.17) is 11.6 Å². The van der Waals surface area contributed by atoms with Crippen molar-refractivity contribution in [2.24, 2.45) is 5.92 Å². The van der Waals surface area contributed by atoms with Gasteiger partial charge in [-0.3, -0.25) is 0 Å². The van der Waals surface area contributed by atoms with Crippen molar-refractivity contribution in [3.63, 3.8) is 0 Å². The number of alkyl halides is 1. The van der Waals surface area contributed by atoms with Crippen molar-refractivity contribution in [1.29, 1.82) is 0 Å². The van der Waals surface area contributed by atoms with Crippen molar-refractivity contribution in [3.05, 3.63) is 0 Å². The lowest BCUT2D eigenvalue weighted by Crippen LogP contribution is -2.35. The first kappa shape index (κ1) is 12.0. The fourth-order valence-corrected chi connectivity index (χ4v) is 2.74. The highest BCUT2D eigenvalue weighted by molar-refractivity contribution is 6.31. The van der Waals surface area contributed by atoms with Crippen LogP contribution in [0.5, 0.6) is 0 Å². The third-order valence-corrected chi connectivity index (χ3v) is 3.98. The molecular weight excluding hydrogens is 196 g/mol. The van der Waals surface area contributed by atoms with E-state index in [1.165, 1.54) is 19.3 Å². The monoisotopic (exact) mass is 216 g/mol. The zero-order chi connectivity index (χ0) is 10.4. The van der Waals surface area contributed by atoms with Crippen molar-refractivity contribution in [2.75, 3.05) is 0 Å². The molecular formula is C12H21ClO. The van der Waals surface area contributed by atoms with E-state index in [1.807, 2.05) is 0 Å². The second-order valence-corrected chi connectivity index (χ2v) is 5.19. The fourth-order valence-electron chi connectivity index (χ4n) is 2.39. The Balaban J connectivity index is 2.52. The Labute approximate surface area is 92.2 Å². The van der Waals surface area contributed by atoms with E-state index < -0.39 is 4.87 Å². The highest BCUT2D eigenvalue weighted by atomic mass is 35.5. The Kier molecular flexibility index (Phi) is 4.94. The van der Waals surface area contributed by atoms with Gasteiger partial charge in [0.1, 0.15) is 11.2 Å². The van der Waals surface area contributed by atoms with Crippen LogP contribution in [0.25, 0.3) is 0 Å². The minimum absolute atomic E-state index is 0.432. The first-order valence-electron chi connectivity index (χ1n) is 5.88. The first-order chi connectivity index (χ1) is 6.73. The maximum Gasteiger partial charge on any atom is 0.141 e. The van der Waals surface area contributed by atoms with E-state index >= 15 is 0 Å². The van der Waals surface area contributed by atoms with E-state index in [2.05, 4.69) is 6.92 Å². The number of unbranched alkanes of at least 4 members (excludes halogenated alkanes) is 1. The summed E-state index contributed by atoms with van der Waals surface area (Å²) in [5.74, 6) is 0.432. The number of carbonyl (C=O) groups is 1. The molecule has 0 N–H and O–H groups in total. The molecule has 0 aromatic heterocycles. The quantitative estimate of drug-likeness (QED) is 0.503. The predicted molar refractivity (Wildman–Crippen MR) is 60.7 cm³/mol. The summed E-state index contributed by atoms with van der Waals surface area (Å²) < 4.78 is 0. The van der Waals surface area contributed by atoms with Crippen LogP contribution in [-0.4, -0.2) is 11.2 Å². The molecule has 1 aliphatic rings. The highest BCUT2D eigenvalue weighted by Gasteiger charge is 2.36. The van der Waals surface area contributed by atoms with Crippen LogP contribution in [0.3, 0.4) is 0 Å². The molecule has 1 rings (SSSR count). The van der Waals surface area contributed by atoms with Crippen LogP contribution in [0.1, 0.15) is 58.3 Å². The molecule has 0 saturated heterocycles. The summed E-state index contributed by atoms with van der Waals surface area (Å²) >= 11 is 6.41. The number of aldehydes is 1. The molecule has 1 aliphatic carbocycles. The lowest BCUT2D eigenvalue weighted by Gasteiger charge is -2.33. The van der Waals surface area contributed by atoms with Crippen LogP contribution in [0.2, 0.25) is 0 Å². The number of hydrogen-bond donors (Lipinski definition) is 0. The first-order valence-corrected chi connectivity index (χ1v) is 6.26. The molecule has 0 bridgehead atoms. The zero-order valence-electron chi connectivity index (χ0n) is 9.10. The van der Waals surface area contributed by atoms with E-state index in [0.717, 1.165) is 38.4 Å². The molecule has 0 amide bonds. The van der Waals surface area contributed by atoms with Crippen LogP contribution < -0.4 is 0 Å². The third kappa shape index (κ3) is 2.98. The standard InChI is InChI=1S/C12H21ClO/c1-2-3-9-12(13,10-14)11-7-5-4-6-8-11/h10-11H,2-9H2,1H3. The van der Waals surface area contributed by atoms with E-state index in [1.54, 1.807) is 0 Å². The van der Waals surface area contributed by atoms with Crippen LogP contribution in [0.4, 0.5) is 0 Å². The third-order valence-electron chi connectivity index (χ3n) is 3.39. The predicted octanol–water partition coefficient (Wildman–Crippen LogP) is 3.93. The smallest absolute Gasteiger partial charge is 0.141 e. The summed E-state index contributed by atoms with van der Waals surface area (Å²) in [4.78, 5) is 10.6. The van der Waals surface area contributed by atoms with Gasteiger partial charge in [0.2, 0.25) is 0 Å². The van der Waals surface area contributed by atoms with Crippen LogP contribution in [-0.2, 0) is 4.79 Å². The van der Waals surface area contributed by atoms with Crippen LogP contribution in [0.15, 0.2) is 0 Å². The molecule has 0 aliphatic heterocycles. The number of carbonyl (C=O) groups excluding carboxylic acids is 1. The molecule has 1 unspecified atom stereocenters. The Bertz CT molecular complexity index is 175. The van der Waals surface area contributed by atoms with Crippen molar-refractivity contribution in [2.45, 2.75) is 63.2 Å². The summed E-state index contributed by atoms with van der Waals surface area (Å²) in [6.45, 7) is 2.14. The molecule has 1 atom stereocenters. The molecule has 1 fully saturated rings. The Morgan fingerprint density at radius 2 is 2.00 bits per heavy atom. The fraction of sp³-hybridized carbons (Fsp3) is 0.917. The SMILES string of the molecule is CCCCC(Cl)(C=O)C1CCCCC1. The molecule has 1 nitrogen and oxygen atoms in total. The van der Waals surface area contributed by atoms with E-state index in [9.17, 15) is 4.79 Å². The van der Waals surface area contributed by atoms with Crippen LogP contribution in [0, 0.1) is 5.92 Å². The van der Waals surface area contributed by atoms with Crippen LogP contribution >= 0.6 is 11.6 Å². The van der Waals surface area contributed by atoms with Gasteiger partial charge in [-0.1, -0.05) is 39.0 Å².